The number of amides is 1. The van der Waals surface area contributed by atoms with Crippen molar-refractivity contribution < 1.29 is 4.79 Å². The predicted molar refractivity (Wildman–Crippen MR) is 108 cm³/mol. The number of hydrogen-bond donors (Lipinski definition) is 1. The van der Waals surface area contributed by atoms with Gasteiger partial charge < -0.3 is 10.2 Å². The SMILES string of the molecule is Cc1ccccc1CNC(=O)c1ccc(N(C)CCc2ccncc2)cn1. The standard InChI is InChI=1S/C22H24N4O/c1-17-5-3-4-6-19(17)15-25-22(27)21-8-7-20(16-24-21)26(2)14-11-18-9-12-23-13-10-18/h3-10,12-13,16H,11,14-15H2,1-2H3,(H,25,27). The van der Waals surface area contributed by atoms with E-state index in [0.29, 0.717) is 12.2 Å². The van der Waals surface area contributed by atoms with Crippen LogP contribution in [-0.2, 0) is 13.0 Å². The first kappa shape index (κ1) is 18.6. The summed E-state index contributed by atoms with van der Waals surface area (Å²) in [6.45, 7) is 3.40. The van der Waals surface area contributed by atoms with E-state index in [2.05, 4.69) is 20.2 Å². The number of carbonyl (C=O) groups excluding carboxylic acids is 1. The molecule has 27 heavy (non-hydrogen) atoms. The smallest absolute Gasteiger partial charge is 0.270 e. The molecule has 5 nitrogen and oxygen atoms in total. The van der Waals surface area contributed by atoms with Crippen LogP contribution in [0, 0.1) is 6.92 Å². The van der Waals surface area contributed by atoms with Crippen LogP contribution in [0.5, 0.6) is 0 Å². The van der Waals surface area contributed by atoms with E-state index in [4.69, 9.17) is 0 Å². The van der Waals surface area contributed by atoms with Crippen LogP contribution in [-0.4, -0.2) is 29.5 Å². The summed E-state index contributed by atoms with van der Waals surface area (Å²) in [5.74, 6) is -0.163. The van der Waals surface area contributed by atoms with Crippen LogP contribution in [0.1, 0.15) is 27.2 Å². The normalized spacial score (nSPS) is 10.4. The van der Waals surface area contributed by atoms with Gasteiger partial charge in [0.2, 0.25) is 0 Å². The van der Waals surface area contributed by atoms with Crippen molar-refractivity contribution in [3.05, 3.63) is 89.5 Å². The number of nitrogens with zero attached hydrogens (tertiary/aromatic N) is 3. The molecule has 2 aromatic heterocycles. The summed E-state index contributed by atoms with van der Waals surface area (Å²) >= 11 is 0. The molecule has 0 atom stereocenters. The second-order valence-corrected chi connectivity index (χ2v) is 6.54. The average Bonchev–Trinajstić information content (AvgIpc) is 2.72. The number of anilines is 1. The Hall–Kier alpha value is -3.21. The maximum atomic E-state index is 12.3. The van der Waals surface area contributed by atoms with Gasteiger partial charge in [0.05, 0.1) is 11.9 Å². The molecule has 0 spiro atoms. The van der Waals surface area contributed by atoms with Crippen LogP contribution in [0.15, 0.2) is 67.1 Å². The van der Waals surface area contributed by atoms with Gasteiger partial charge in [-0.2, -0.15) is 0 Å². The predicted octanol–water partition coefficient (Wildman–Crippen LogP) is 3.39. The van der Waals surface area contributed by atoms with E-state index in [1.165, 1.54) is 5.56 Å². The Balaban J connectivity index is 1.54. The lowest BCUT2D eigenvalue weighted by molar-refractivity contribution is 0.0946. The van der Waals surface area contributed by atoms with E-state index in [1.807, 2.05) is 56.4 Å². The summed E-state index contributed by atoms with van der Waals surface area (Å²) in [5.41, 5.74) is 4.93. The minimum atomic E-state index is -0.163. The molecule has 0 saturated carbocycles. The van der Waals surface area contributed by atoms with Crippen molar-refractivity contribution in [3.63, 3.8) is 0 Å². The van der Waals surface area contributed by atoms with E-state index >= 15 is 0 Å². The second-order valence-electron chi connectivity index (χ2n) is 6.54. The van der Waals surface area contributed by atoms with E-state index in [9.17, 15) is 4.79 Å². The fourth-order valence-electron chi connectivity index (χ4n) is 2.80. The zero-order chi connectivity index (χ0) is 19.1. The summed E-state index contributed by atoms with van der Waals surface area (Å²) < 4.78 is 0. The first-order valence-electron chi connectivity index (χ1n) is 9.02. The number of hydrogen-bond acceptors (Lipinski definition) is 4. The van der Waals surface area contributed by atoms with Crippen molar-refractivity contribution >= 4 is 11.6 Å². The Bertz CT molecular complexity index is 878. The molecule has 1 N–H and O–H groups in total. The van der Waals surface area contributed by atoms with E-state index < -0.39 is 0 Å². The molecule has 0 aliphatic heterocycles. The number of carbonyl (C=O) groups is 1. The fourth-order valence-corrected chi connectivity index (χ4v) is 2.80. The van der Waals surface area contributed by atoms with Gasteiger partial charge in [-0.1, -0.05) is 24.3 Å². The van der Waals surface area contributed by atoms with Crippen LogP contribution in [0.4, 0.5) is 5.69 Å². The van der Waals surface area contributed by atoms with Crippen molar-refractivity contribution in [2.45, 2.75) is 19.9 Å². The van der Waals surface area contributed by atoms with Gasteiger partial charge >= 0.3 is 0 Å². The molecule has 5 heteroatoms. The largest absolute Gasteiger partial charge is 0.373 e. The molecule has 2 heterocycles. The third kappa shape index (κ3) is 5.14. The number of pyridine rings is 2. The highest BCUT2D eigenvalue weighted by atomic mass is 16.1. The Morgan fingerprint density at radius 2 is 1.85 bits per heavy atom. The molecule has 1 aromatic carbocycles. The lowest BCUT2D eigenvalue weighted by Gasteiger charge is -2.19. The highest BCUT2D eigenvalue weighted by Gasteiger charge is 2.09. The Morgan fingerprint density at radius 3 is 2.56 bits per heavy atom. The van der Waals surface area contributed by atoms with Gasteiger partial charge in [0.25, 0.3) is 5.91 Å². The number of aryl methyl sites for hydroxylation is 1. The highest BCUT2D eigenvalue weighted by Crippen LogP contribution is 2.13. The van der Waals surface area contributed by atoms with Crippen LogP contribution in [0.3, 0.4) is 0 Å². The third-order valence-corrected chi connectivity index (χ3v) is 4.61. The number of likely N-dealkylation sites (N-methyl/N-ethyl adjacent to an activating group) is 1. The van der Waals surface area contributed by atoms with Gasteiger partial charge in [-0.15, -0.1) is 0 Å². The Labute approximate surface area is 160 Å². The summed E-state index contributed by atoms with van der Waals surface area (Å²) in [6, 6.07) is 15.8. The minimum absolute atomic E-state index is 0.163. The molecule has 0 saturated heterocycles. The molecule has 0 unspecified atom stereocenters. The summed E-state index contributed by atoms with van der Waals surface area (Å²) in [7, 11) is 2.02. The van der Waals surface area contributed by atoms with Crippen molar-refractivity contribution in [1.29, 1.82) is 0 Å². The van der Waals surface area contributed by atoms with Gasteiger partial charge in [-0.05, 0) is 54.3 Å². The molecule has 1 amide bonds. The molecule has 3 rings (SSSR count). The number of benzene rings is 1. The fraction of sp³-hybridized carbons (Fsp3) is 0.227. The second kappa shape index (κ2) is 8.94. The van der Waals surface area contributed by atoms with Crippen LogP contribution in [0.25, 0.3) is 0 Å². The van der Waals surface area contributed by atoms with Gasteiger partial charge in [0.15, 0.2) is 0 Å². The maximum Gasteiger partial charge on any atom is 0.270 e. The number of nitrogens with one attached hydrogen (secondary N) is 1. The summed E-state index contributed by atoms with van der Waals surface area (Å²) in [6.07, 6.45) is 6.29. The van der Waals surface area contributed by atoms with Crippen LogP contribution >= 0.6 is 0 Å². The van der Waals surface area contributed by atoms with Crippen molar-refractivity contribution in [2.24, 2.45) is 0 Å². The molecule has 0 fully saturated rings. The van der Waals surface area contributed by atoms with Gasteiger partial charge in [-0.25, -0.2) is 4.98 Å². The molecule has 3 aromatic rings. The zero-order valence-corrected chi connectivity index (χ0v) is 15.7. The van der Waals surface area contributed by atoms with Gasteiger partial charge in [0, 0.05) is 32.5 Å². The lowest BCUT2D eigenvalue weighted by Crippen LogP contribution is -2.25. The Morgan fingerprint density at radius 1 is 1.07 bits per heavy atom. The first-order valence-corrected chi connectivity index (χ1v) is 9.02. The maximum absolute atomic E-state index is 12.3. The van der Waals surface area contributed by atoms with Crippen molar-refractivity contribution in [1.82, 2.24) is 15.3 Å². The Kier molecular flexibility index (Phi) is 6.15. The van der Waals surface area contributed by atoms with Crippen LogP contribution in [0.2, 0.25) is 0 Å². The van der Waals surface area contributed by atoms with Gasteiger partial charge in [0.1, 0.15) is 5.69 Å². The molecular weight excluding hydrogens is 336 g/mol. The zero-order valence-electron chi connectivity index (χ0n) is 15.7. The highest BCUT2D eigenvalue weighted by molar-refractivity contribution is 5.92. The van der Waals surface area contributed by atoms with Crippen molar-refractivity contribution in [3.8, 4) is 0 Å². The van der Waals surface area contributed by atoms with E-state index in [0.717, 1.165) is 29.8 Å². The molecular formula is C22H24N4O. The van der Waals surface area contributed by atoms with Crippen molar-refractivity contribution in [2.75, 3.05) is 18.5 Å². The molecule has 0 aliphatic carbocycles. The average molecular weight is 360 g/mol. The third-order valence-electron chi connectivity index (χ3n) is 4.61. The topological polar surface area (TPSA) is 58.1 Å². The summed E-state index contributed by atoms with van der Waals surface area (Å²) in [4.78, 5) is 22.8. The molecule has 0 bridgehead atoms. The molecule has 138 valence electrons. The lowest BCUT2D eigenvalue weighted by atomic mass is 10.1. The monoisotopic (exact) mass is 360 g/mol. The minimum Gasteiger partial charge on any atom is -0.373 e. The van der Waals surface area contributed by atoms with E-state index in [1.54, 1.807) is 24.7 Å². The molecule has 0 radical (unpaired) electrons. The number of rotatable bonds is 7. The first-order chi connectivity index (χ1) is 13.1. The number of aromatic nitrogens is 2. The molecule has 0 aliphatic rings. The quantitative estimate of drug-likeness (QED) is 0.702. The summed E-state index contributed by atoms with van der Waals surface area (Å²) in [5, 5.41) is 2.93. The van der Waals surface area contributed by atoms with Crippen LogP contribution < -0.4 is 10.2 Å². The van der Waals surface area contributed by atoms with E-state index in [-0.39, 0.29) is 5.91 Å². The van der Waals surface area contributed by atoms with Gasteiger partial charge in [-0.3, -0.25) is 9.78 Å².